The Labute approximate surface area is 167 Å². The van der Waals surface area contributed by atoms with E-state index in [9.17, 15) is 9.59 Å². The van der Waals surface area contributed by atoms with Gasteiger partial charge in [0.1, 0.15) is 5.75 Å². The van der Waals surface area contributed by atoms with Gasteiger partial charge in [0.2, 0.25) is 0 Å². The molecule has 1 saturated heterocycles. The predicted octanol–water partition coefficient (Wildman–Crippen LogP) is 3.94. The molecule has 4 rings (SSSR count). The zero-order chi connectivity index (χ0) is 19.7. The SMILES string of the molecule is COC(=O)[C@@H]1CN(C(=O)c2ccc(OC)c3ccccc23)C[C@H]1c1ccsc1. The van der Waals surface area contributed by atoms with Gasteiger partial charge in [-0.25, -0.2) is 0 Å². The minimum absolute atomic E-state index is 0.0489. The van der Waals surface area contributed by atoms with Crippen LogP contribution in [-0.4, -0.2) is 44.1 Å². The number of fused-ring (bicyclic) bond motifs is 1. The minimum atomic E-state index is -0.354. The highest BCUT2D eigenvalue weighted by molar-refractivity contribution is 7.08. The van der Waals surface area contributed by atoms with Gasteiger partial charge in [-0.2, -0.15) is 11.3 Å². The summed E-state index contributed by atoms with van der Waals surface area (Å²) in [6.45, 7) is 0.849. The van der Waals surface area contributed by atoms with E-state index in [4.69, 9.17) is 9.47 Å². The van der Waals surface area contributed by atoms with Crippen molar-refractivity contribution < 1.29 is 19.1 Å². The van der Waals surface area contributed by atoms with Gasteiger partial charge in [-0.15, -0.1) is 0 Å². The van der Waals surface area contributed by atoms with Crippen molar-refractivity contribution in [3.05, 3.63) is 64.4 Å². The Bertz CT molecular complexity index is 1010. The van der Waals surface area contributed by atoms with Crippen molar-refractivity contribution >= 4 is 34.0 Å². The number of thiophene rings is 1. The normalized spacial score (nSPS) is 19.0. The van der Waals surface area contributed by atoms with Crippen LogP contribution in [0.15, 0.2) is 53.2 Å². The number of amides is 1. The highest BCUT2D eigenvalue weighted by atomic mass is 32.1. The number of carbonyl (C=O) groups is 2. The highest BCUT2D eigenvalue weighted by Crippen LogP contribution is 2.36. The Balaban J connectivity index is 1.69. The molecule has 1 amide bonds. The number of nitrogens with zero attached hydrogens (tertiary/aromatic N) is 1. The summed E-state index contributed by atoms with van der Waals surface area (Å²) in [5.74, 6) is -0.0195. The molecule has 2 heterocycles. The van der Waals surface area contributed by atoms with Crippen molar-refractivity contribution in [3.8, 4) is 5.75 Å². The Morgan fingerprint density at radius 3 is 2.50 bits per heavy atom. The Hall–Kier alpha value is -2.86. The lowest BCUT2D eigenvalue weighted by Gasteiger charge is -2.18. The molecule has 0 aliphatic carbocycles. The summed E-state index contributed by atoms with van der Waals surface area (Å²) in [7, 11) is 3.02. The molecule has 1 aliphatic rings. The molecule has 1 fully saturated rings. The Morgan fingerprint density at radius 1 is 1.04 bits per heavy atom. The maximum absolute atomic E-state index is 13.4. The topological polar surface area (TPSA) is 55.8 Å². The van der Waals surface area contributed by atoms with Crippen LogP contribution >= 0.6 is 11.3 Å². The molecular formula is C22H21NO4S. The average molecular weight is 395 g/mol. The summed E-state index contributed by atoms with van der Waals surface area (Å²) in [5, 5.41) is 5.78. The predicted molar refractivity (Wildman–Crippen MR) is 109 cm³/mol. The van der Waals surface area contributed by atoms with Gasteiger partial charge in [-0.3, -0.25) is 9.59 Å². The molecule has 144 valence electrons. The number of hydrogen-bond acceptors (Lipinski definition) is 5. The number of rotatable bonds is 4. The van der Waals surface area contributed by atoms with Gasteiger partial charge < -0.3 is 14.4 Å². The lowest BCUT2D eigenvalue weighted by molar-refractivity contribution is -0.145. The maximum Gasteiger partial charge on any atom is 0.311 e. The Morgan fingerprint density at radius 2 is 1.82 bits per heavy atom. The molecule has 0 unspecified atom stereocenters. The molecular weight excluding hydrogens is 374 g/mol. The minimum Gasteiger partial charge on any atom is -0.496 e. The zero-order valence-electron chi connectivity index (χ0n) is 15.8. The van der Waals surface area contributed by atoms with Crippen molar-refractivity contribution in [2.45, 2.75) is 5.92 Å². The van der Waals surface area contributed by atoms with Crippen LogP contribution in [0.3, 0.4) is 0 Å². The van der Waals surface area contributed by atoms with Crippen molar-refractivity contribution in [2.75, 3.05) is 27.3 Å². The number of likely N-dealkylation sites (tertiary alicyclic amines) is 1. The molecule has 0 bridgehead atoms. The molecule has 2 atom stereocenters. The molecule has 2 aromatic carbocycles. The monoisotopic (exact) mass is 395 g/mol. The molecule has 6 heteroatoms. The molecule has 0 saturated carbocycles. The van der Waals surface area contributed by atoms with Gasteiger partial charge in [0.15, 0.2) is 0 Å². The highest BCUT2D eigenvalue weighted by Gasteiger charge is 2.41. The fraction of sp³-hybridized carbons (Fsp3) is 0.273. The fourth-order valence-corrected chi connectivity index (χ4v) is 4.71. The third-order valence-electron chi connectivity index (χ3n) is 5.42. The van der Waals surface area contributed by atoms with Gasteiger partial charge in [-0.05, 0) is 39.9 Å². The van der Waals surface area contributed by atoms with Crippen LogP contribution in [0.1, 0.15) is 21.8 Å². The second-order valence-corrected chi connectivity index (χ2v) is 7.64. The molecule has 28 heavy (non-hydrogen) atoms. The third kappa shape index (κ3) is 3.14. The summed E-state index contributed by atoms with van der Waals surface area (Å²) in [5.41, 5.74) is 1.70. The molecule has 3 aromatic rings. The second kappa shape index (κ2) is 7.64. The van der Waals surface area contributed by atoms with E-state index in [-0.39, 0.29) is 23.7 Å². The van der Waals surface area contributed by atoms with E-state index in [1.165, 1.54) is 7.11 Å². The number of ether oxygens (including phenoxy) is 2. The number of esters is 1. The largest absolute Gasteiger partial charge is 0.496 e. The molecule has 5 nitrogen and oxygen atoms in total. The number of hydrogen-bond donors (Lipinski definition) is 0. The van der Waals surface area contributed by atoms with Gasteiger partial charge in [-0.1, -0.05) is 24.3 Å². The van der Waals surface area contributed by atoms with E-state index in [2.05, 4.69) is 0 Å². The first-order chi connectivity index (χ1) is 13.6. The van der Waals surface area contributed by atoms with E-state index >= 15 is 0 Å². The summed E-state index contributed by atoms with van der Waals surface area (Å²) in [6, 6.07) is 13.3. The Kier molecular flexibility index (Phi) is 5.05. The first-order valence-electron chi connectivity index (χ1n) is 9.09. The van der Waals surface area contributed by atoms with Crippen molar-refractivity contribution in [3.63, 3.8) is 0 Å². The smallest absolute Gasteiger partial charge is 0.311 e. The quantitative estimate of drug-likeness (QED) is 0.628. The third-order valence-corrected chi connectivity index (χ3v) is 6.12. The van der Waals surface area contributed by atoms with Crippen molar-refractivity contribution in [2.24, 2.45) is 5.92 Å². The molecule has 1 aliphatic heterocycles. The lowest BCUT2D eigenvalue weighted by atomic mass is 9.91. The number of benzene rings is 2. The second-order valence-electron chi connectivity index (χ2n) is 6.86. The van der Waals surface area contributed by atoms with Crippen LogP contribution in [0.25, 0.3) is 10.8 Å². The lowest BCUT2D eigenvalue weighted by Crippen LogP contribution is -2.30. The summed E-state index contributed by atoms with van der Waals surface area (Å²) in [4.78, 5) is 27.5. The van der Waals surface area contributed by atoms with Crippen LogP contribution in [0, 0.1) is 5.92 Å². The van der Waals surface area contributed by atoms with E-state index in [1.54, 1.807) is 29.4 Å². The zero-order valence-corrected chi connectivity index (χ0v) is 16.6. The average Bonchev–Trinajstić information content (AvgIpc) is 3.41. The van der Waals surface area contributed by atoms with Crippen LogP contribution in [0.2, 0.25) is 0 Å². The van der Waals surface area contributed by atoms with Gasteiger partial charge in [0, 0.05) is 30.0 Å². The van der Waals surface area contributed by atoms with Crippen molar-refractivity contribution in [1.29, 1.82) is 0 Å². The van der Waals surface area contributed by atoms with Gasteiger partial charge >= 0.3 is 5.97 Å². The fourth-order valence-electron chi connectivity index (χ4n) is 3.99. The summed E-state index contributed by atoms with van der Waals surface area (Å²) in [6.07, 6.45) is 0. The van der Waals surface area contributed by atoms with Crippen LogP contribution in [0.4, 0.5) is 0 Å². The first kappa shape index (κ1) is 18.5. The first-order valence-corrected chi connectivity index (χ1v) is 10.0. The molecule has 1 aromatic heterocycles. The van der Waals surface area contributed by atoms with Gasteiger partial charge in [0.25, 0.3) is 5.91 Å². The molecule has 0 radical (unpaired) electrons. The van der Waals surface area contributed by atoms with Crippen LogP contribution in [-0.2, 0) is 9.53 Å². The van der Waals surface area contributed by atoms with Crippen LogP contribution in [0.5, 0.6) is 5.75 Å². The standard InChI is InChI=1S/C22H21NO4S/c1-26-20-8-7-17(15-5-3-4-6-16(15)20)21(24)23-11-18(14-9-10-28-13-14)19(12-23)22(25)27-2/h3-10,13,18-19H,11-12H2,1-2H3/t18-,19+/m0/s1. The van der Waals surface area contributed by atoms with Gasteiger partial charge in [0.05, 0.1) is 20.1 Å². The van der Waals surface area contributed by atoms with E-state index in [1.807, 2.05) is 47.2 Å². The number of methoxy groups -OCH3 is 2. The van der Waals surface area contributed by atoms with E-state index in [0.717, 1.165) is 22.1 Å². The van der Waals surface area contributed by atoms with Crippen molar-refractivity contribution in [1.82, 2.24) is 4.90 Å². The van der Waals surface area contributed by atoms with E-state index in [0.29, 0.717) is 18.7 Å². The summed E-state index contributed by atoms with van der Waals surface area (Å²) < 4.78 is 10.4. The summed E-state index contributed by atoms with van der Waals surface area (Å²) >= 11 is 1.59. The van der Waals surface area contributed by atoms with Crippen LogP contribution < -0.4 is 4.74 Å². The maximum atomic E-state index is 13.4. The molecule has 0 N–H and O–H groups in total. The van der Waals surface area contributed by atoms with E-state index < -0.39 is 0 Å². The molecule has 0 spiro atoms. The number of carbonyl (C=O) groups excluding carboxylic acids is 2.